The molecule has 0 bridgehead atoms. The zero-order valence-electron chi connectivity index (χ0n) is 16.9. The maximum Gasteiger partial charge on any atom is 0.251 e. The minimum absolute atomic E-state index is 0.00142. The van der Waals surface area contributed by atoms with E-state index in [-0.39, 0.29) is 24.4 Å². The van der Waals surface area contributed by atoms with Crippen LogP contribution in [-0.4, -0.2) is 49.6 Å². The number of likely N-dealkylation sites (N-methyl/N-ethyl adjacent to an activating group) is 1. The second-order valence-electron chi connectivity index (χ2n) is 7.13. The minimum atomic E-state index is -0.294. The molecule has 1 aromatic rings. The van der Waals surface area contributed by atoms with Gasteiger partial charge in [-0.05, 0) is 63.6 Å². The van der Waals surface area contributed by atoms with Gasteiger partial charge in [-0.2, -0.15) is 0 Å². The SMILES string of the molecule is CCOc1ccc(C(=O)NCC(=O)N(C)C2CCC(C)CC2)cc1OCC. The highest BCUT2D eigenvalue weighted by Gasteiger charge is 2.25. The third-order valence-corrected chi connectivity index (χ3v) is 5.13. The second kappa shape index (κ2) is 10.2. The Labute approximate surface area is 162 Å². The quantitative estimate of drug-likeness (QED) is 0.756. The van der Waals surface area contributed by atoms with Crippen LogP contribution in [0.2, 0.25) is 0 Å². The summed E-state index contributed by atoms with van der Waals surface area (Å²) in [6.45, 7) is 7.03. The molecule has 0 spiro atoms. The highest BCUT2D eigenvalue weighted by molar-refractivity contribution is 5.97. The summed E-state index contributed by atoms with van der Waals surface area (Å²) in [7, 11) is 1.83. The highest BCUT2D eigenvalue weighted by atomic mass is 16.5. The topological polar surface area (TPSA) is 67.9 Å². The van der Waals surface area contributed by atoms with Gasteiger partial charge < -0.3 is 19.7 Å². The van der Waals surface area contributed by atoms with Gasteiger partial charge in [-0.15, -0.1) is 0 Å². The van der Waals surface area contributed by atoms with Crippen LogP contribution in [-0.2, 0) is 4.79 Å². The van der Waals surface area contributed by atoms with E-state index in [0.29, 0.717) is 30.3 Å². The van der Waals surface area contributed by atoms with Crippen LogP contribution in [0, 0.1) is 5.92 Å². The van der Waals surface area contributed by atoms with Crippen molar-refractivity contribution < 1.29 is 19.1 Å². The molecule has 2 rings (SSSR count). The second-order valence-corrected chi connectivity index (χ2v) is 7.13. The van der Waals surface area contributed by atoms with Gasteiger partial charge >= 0.3 is 0 Å². The van der Waals surface area contributed by atoms with E-state index in [1.54, 1.807) is 23.1 Å². The first-order valence-corrected chi connectivity index (χ1v) is 9.89. The summed E-state index contributed by atoms with van der Waals surface area (Å²) in [5.41, 5.74) is 0.448. The zero-order valence-corrected chi connectivity index (χ0v) is 16.9. The molecule has 6 nitrogen and oxygen atoms in total. The van der Waals surface area contributed by atoms with Gasteiger partial charge in [0.05, 0.1) is 19.8 Å². The standard InChI is InChI=1S/C21H32N2O4/c1-5-26-18-12-9-16(13-19(18)27-6-2)21(25)22-14-20(24)23(4)17-10-7-15(3)8-11-17/h9,12-13,15,17H,5-8,10-11,14H2,1-4H3,(H,22,25). The van der Waals surface area contributed by atoms with Crippen LogP contribution in [0.1, 0.15) is 56.8 Å². The largest absolute Gasteiger partial charge is 0.490 e. The van der Waals surface area contributed by atoms with Crippen molar-refractivity contribution in [3.63, 3.8) is 0 Å². The number of hydrogen-bond donors (Lipinski definition) is 1. The van der Waals surface area contributed by atoms with Gasteiger partial charge in [-0.25, -0.2) is 0 Å². The number of rotatable bonds is 8. The van der Waals surface area contributed by atoms with E-state index < -0.39 is 0 Å². The van der Waals surface area contributed by atoms with E-state index in [9.17, 15) is 9.59 Å². The fourth-order valence-corrected chi connectivity index (χ4v) is 3.41. The number of amides is 2. The van der Waals surface area contributed by atoms with Crippen LogP contribution in [0.5, 0.6) is 11.5 Å². The van der Waals surface area contributed by atoms with E-state index in [1.807, 2.05) is 20.9 Å². The van der Waals surface area contributed by atoms with Crippen LogP contribution in [0.25, 0.3) is 0 Å². The van der Waals surface area contributed by atoms with Crippen molar-refractivity contribution in [2.24, 2.45) is 5.92 Å². The monoisotopic (exact) mass is 376 g/mol. The van der Waals surface area contributed by atoms with Crippen molar-refractivity contribution in [1.82, 2.24) is 10.2 Å². The Hall–Kier alpha value is -2.24. The Kier molecular flexibility index (Phi) is 7.95. The lowest BCUT2D eigenvalue weighted by Gasteiger charge is -2.33. The predicted molar refractivity (Wildman–Crippen MR) is 105 cm³/mol. The van der Waals surface area contributed by atoms with Gasteiger partial charge in [0, 0.05) is 18.7 Å². The summed E-state index contributed by atoms with van der Waals surface area (Å²) in [6.07, 6.45) is 4.38. The van der Waals surface area contributed by atoms with Crippen molar-refractivity contribution in [2.45, 2.75) is 52.5 Å². The molecule has 0 atom stereocenters. The lowest BCUT2D eigenvalue weighted by molar-refractivity contribution is -0.131. The van der Waals surface area contributed by atoms with Crippen LogP contribution in [0.4, 0.5) is 0 Å². The van der Waals surface area contributed by atoms with E-state index in [1.165, 1.54) is 0 Å². The number of nitrogens with one attached hydrogen (secondary N) is 1. The molecule has 1 fully saturated rings. The zero-order chi connectivity index (χ0) is 19.8. The molecule has 0 radical (unpaired) electrons. The molecule has 150 valence electrons. The Morgan fingerprint density at radius 2 is 1.70 bits per heavy atom. The molecule has 1 N–H and O–H groups in total. The number of nitrogens with zero attached hydrogens (tertiary/aromatic N) is 1. The maximum absolute atomic E-state index is 12.4. The molecule has 6 heteroatoms. The summed E-state index contributed by atoms with van der Waals surface area (Å²) in [5, 5.41) is 2.72. The smallest absolute Gasteiger partial charge is 0.251 e. The third-order valence-electron chi connectivity index (χ3n) is 5.13. The predicted octanol–water partition coefficient (Wildman–Crippen LogP) is 3.25. The normalized spacial score (nSPS) is 19.3. The first kappa shape index (κ1) is 21.1. The molecular weight excluding hydrogens is 344 g/mol. The molecule has 0 aromatic heterocycles. The van der Waals surface area contributed by atoms with Crippen LogP contribution >= 0.6 is 0 Å². The van der Waals surface area contributed by atoms with Crippen molar-refractivity contribution in [2.75, 3.05) is 26.8 Å². The molecule has 0 aliphatic heterocycles. The molecule has 1 saturated carbocycles. The lowest BCUT2D eigenvalue weighted by atomic mass is 9.87. The van der Waals surface area contributed by atoms with Crippen molar-refractivity contribution >= 4 is 11.8 Å². The molecule has 27 heavy (non-hydrogen) atoms. The van der Waals surface area contributed by atoms with Crippen LogP contribution in [0.3, 0.4) is 0 Å². The Balaban J connectivity index is 1.92. The van der Waals surface area contributed by atoms with Gasteiger partial charge in [0.2, 0.25) is 5.91 Å². The van der Waals surface area contributed by atoms with Crippen LogP contribution < -0.4 is 14.8 Å². The molecular formula is C21H32N2O4. The van der Waals surface area contributed by atoms with Gasteiger partial charge in [-0.3, -0.25) is 9.59 Å². The van der Waals surface area contributed by atoms with Crippen molar-refractivity contribution in [3.8, 4) is 11.5 Å². The summed E-state index contributed by atoms with van der Waals surface area (Å²) in [4.78, 5) is 26.7. The average Bonchev–Trinajstić information content (AvgIpc) is 2.67. The fourth-order valence-electron chi connectivity index (χ4n) is 3.41. The van der Waals surface area contributed by atoms with E-state index >= 15 is 0 Å². The van der Waals surface area contributed by atoms with Gasteiger partial charge in [0.15, 0.2) is 11.5 Å². The molecule has 1 aliphatic carbocycles. The van der Waals surface area contributed by atoms with Gasteiger partial charge in [0.1, 0.15) is 0 Å². The molecule has 0 unspecified atom stereocenters. The summed E-state index contributed by atoms with van der Waals surface area (Å²) < 4.78 is 11.1. The van der Waals surface area contributed by atoms with Crippen molar-refractivity contribution in [1.29, 1.82) is 0 Å². The third kappa shape index (κ3) is 5.88. The van der Waals surface area contributed by atoms with Crippen LogP contribution in [0.15, 0.2) is 18.2 Å². The number of carbonyl (C=O) groups excluding carboxylic acids is 2. The maximum atomic E-state index is 12.4. The summed E-state index contributed by atoms with van der Waals surface area (Å²) in [5.74, 6) is 1.53. The first-order chi connectivity index (χ1) is 13.0. The van der Waals surface area contributed by atoms with Crippen molar-refractivity contribution in [3.05, 3.63) is 23.8 Å². The van der Waals surface area contributed by atoms with Gasteiger partial charge in [-0.1, -0.05) is 6.92 Å². The summed E-state index contributed by atoms with van der Waals surface area (Å²) >= 11 is 0. The lowest BCUT2D eigenvalue weighted by Crippen LogP contribution is -2.44. The Morgan fingerprint density at radius 1 is 1.07 bits per heavy atom. The Bertz CT molecular complexity index is 639. The van der Waals surface area contributed by atoms with E-state index in [2.05, 4.69) is 12.2 Å². The average molecular weight is 376 g/mol. The van der Waals surface area contributed by atoms with Gasteiger partial charge in [0.25, 0.3) is 5.91 Å². The molecule has 1 aromatic carbocycles. The number of ether oxygens (including phenoxy) is 2. The van der Waals surface area contributed by atoms with E-state index in [4.69, 9.17) is 9.47 Å². The number of benzene rings is 1. The molecule has 1 aliphatic rings. The number of hydrogen-bond acceptors (Lipinski definition) is 4. The fraction of sp³-hybridized carbons (Fsp3) is 0.619. The number of carbonyl (C=O) groups is 2. The first-order valence-electron chi connectivity index (χ1n) is 9.89. The highest BCUT2D eigenvalue weighted by Crippen LogP contribution is 2.29. The molecule has 2 amide bonds. The van der Waals surface area contributed by atoms with E-state index in [0.717, 1.165) is 31.6 Å². The minimum Gasteiger partial charge on any atom is -0.490 e. The Morgan fingerprint density at radius 3 is 2.33 bits per heavy atom. The molecule has 0 saturated heterocycles. The molecule has 0 heterocycles. The summed E-state index contributed by atoms with van der Waals surface area (Å²) in [6, 6.07) is 5.33.